The average molecular weight is 299 g/mol. The molecule has 1 fully saturated rings. The van der Waals surface area contributed by atoms with Crippen molar-refractivity contribution < 1.29 is 4.79 Å². The fourth-order valence-electron chi connectivity index (χ4n) is 2.86. The van der Waals surface area contributed by atoms with Crippen LogP contribution in [0.25, 0.3) is 11.3 Å². The second-order valence-electron chi connectivity index (χ2n) is 5.80. The molecule has 1 amide bonds. The van der Waals surface area contributed by atoms with Crippen molar-refractivity contribution in [3.63, 3.8) is 0 Å². The molecule has 0 unspecified atom stereocenters. The van der Waals surface area contributed by atoms with Crippen molar-refractivity contribution in [2.24, 2.45) is 5.92 Å². The zero-order valence-corrected chi connectivity index (χ0v) is 13.1. The minimum atomic E-state index is 0.164. The Balaban J connectivity index is 1.63. The van der Waals surface area contributed by atoms with Gasteiger partial charge in [-0.1, -0.05) is 0 Å². The standard InChI is InChI=1S/C16H21N5O/c1-3-21-11-14(7-19-21)16-9-17-15(8-18-16)6-13-4-5-20(10-13)12(2)22/h7-9,11,13H,3-6,10H2,1-2H3/t13-/m0/s1. The Morgan fingerprint density at radius 1 is 1.32 bits per heavy atom. The molecule has 0 saturated carbocycles. The van der Waals surface area contributed by atoms with Crippen LogP contribution in [-0.4, -0.2) is 43.6 Å². The van der Waals surface area contributed by atoms with Crippen molar-refractivity contribution >= 4 is 5.91 Å². The van der Waals surface area contributed by atoms with Gasteiger partial charge >= 0.3 is 0 Å². The lowest BCUT2D eigenvalue weighted by Crippen LogP contribution is -2.26. The summed E-state index contributed by atoms with van der Waals surface area (Å²) in [6, 6.07) is 0. The van der Waals surface area contributed by atoms with E-state index in [2.05, 4.69) is 22.0 Å². The summed E-state index contributed by atoms with van der Waals surface area (Å²) in [5.41, 5.74) is 2.83. The van der Waals surface area contributed by atoms with Gasteiger partial charge in [-0.3, -0.25) is 19.4 Å². The first kappa shape index (κ1) is 14.7. The van der Waals surface area contributed by atoms with E-state index in [4.69, 9.17) is 0 Å². The van der Waals surface area contributed by atoms with E-state index in [1.54, 1.807) is 6.92 Å². The van der Waals surface area contributed by atoms with Crippen molar-refractivity contribution in [3.05, 3.63) is 30.5 Å². The number of hydrogen-bond donors (Lipinski definition) is 0. The monoisotopic (exact) mass is 299 g/mol. The Hall–Kier alpha value is -2.24. The minimum Gasteiger partial charge on any atom is -0.343 e. The molecule has 3 heterocycles. The molecule has 1 atom stereocenters. The van der Waals surface area contributed by atoms with Gasteiger partial charge < -0.3 is 4.90 Å². The van der Waals surface area contributed by atoms with E-state index in [0.717, 1.165) is 49.4 Å². The van der Waals surface area contributed by atoms with Crippen LogP contribution in [0.1, 0.15) is 26.0 Å². The van der Waals surface area contributed by atoms with Crippen LogP contribution >= 0.6 is 0 Å². The van der Waals surface area contributed by atoms with Gasteiger partial charge in [0.1, 0.15) is 0 Å². The molecule has 1 aliphatic rings. The minimum absolute atomic E-state index is 0.164. The number of rotatable bonds is 4. The molecule has 6 heteroatoms. The van der Waals surface area contributed by atoms with Crippen molar-refractivity contribution in [1.82, 2.24) is 24.6 Å². The summed E-state index contributed by atoms with van der Waals surface area (Å²) in [5.74, 6) is 0.656. The Bertz CT molecular complexity index is 649. The van der Waals surface area contributed by atoms with Crippen molar-refractivity contribution in [2.75, 3.05) is 13.1 Å². The Morgan fingerprint density at radius 2 is 2.18 bits per heavy atom. The molecule has 1 aliphatic heterocycles. The molecule has 3 rings (SSSR count). The molecule has 0 N–H and O–H groups in total. The molecule has 0 aromatic carbocycles. The normalized spacial score (nSPS) is 17.9. The highest BCUT2D eigenvalue weighted by molar-refractivity contribution is 5.73. The van der Waals surface area contributed by atoms with Gasteiger partial charge in [0.15, 0.2) is 0 Å². The molecular formula is C16H21N5O. The summed E-state index contributed by atoms with van der Waals surface area (Å²) < 4.78 is 1.87. The lowest BCUT2D eigenvalue weighted by atomic mass is 10.0. The summed E-state index contributed by atoms with van der Waals surface area (Å²) in [4.78, 5) is 22.3. The molecular weight excluding hydrogens is 278 g/mol. The maximum atomic E-state index is 11.4. The maximum absolute atomic E-state index is 11.4. The lowest BCUT2D eigenvalue weighted by molar-refractivity contribution is -0.127. The topological polar surface area (TPSA) is 63.9 Å². The van der Waals surface area contributed by atoms with Crippen molar-refractivity contribution in [1.29, 1.82) is 0 Å². The predicted octanol–water partition coefficient (Wildman–Crippen LogP) is 1.77. The quantitative estimate of drug-likeness (QED) is 0.863. The molecule has 2 aromatic rings. The summed E-state index contributed by atoms with van der Waals surface area (Å²) in [5, 5.41) is 4.25. The Labute approximate surface area is 130 Å². The molecule has 0 radical (unpaired) electrons. The van der Waals surface area contributed by atoms with Gasteiger partial charge in [0.2, 0.25) is 5.91 Å². The SMILES string of the molecule is CCn1cc(-c2cnc(C[C@@H]3CCN(C(C)=O)C3)cn2)cn1. The smallest absolute Gasteiger partial charge is 0.219 e. The molecule has 2 aromatic heterocycles. The highest BCUT2D eigenvalue weighted by Crippen LogP contribution is 2.21. The summed E-state index contributed by atoms with van der Waals surface area (Å²) in [6.45, 7) is 6.23. The third-order valence-corrected chi connectivity index (χ3v) is 4.19. The molecule has 0 bridgehead atoms. The summed E-state index contributed by atoms with van der Waals surface area (Å²) in [6.07, 6.45) is 9.37. The number of aryl methyl sites for hydroxylation is 1. The summed E-state index contributed by atoms with van der Waals surface area (Å²) in [7, 11) is 0. The van der Waals surface area contributed by atoms with Crippen LogP contribution in [-0.2, 0) is 17.8 Å². The highest BCUT2D eigenvalue weighted by Gasteiger charge is 2.24. The number of carbonyl (C=O) groups excluding carboxylic acids is 1. The van der Waals surface area contributed by atoms with E-state index >= 15 is 0 Å². The number of hydrogen-bond acceptors (Lipinski definition) is 4. The largest absolute Gasteiger partial charge is 0.343 e. The van der Waals surface area contributed by atoms with Gasteiger partial charge in [0.25, 0.3) is 0 Å². The first-order valence-corrected chi connectivity index (χ1v) is 7.75. The third kappa shape index (κ3) is 3.16. The first-order chi connectivity index (χ1) is 10.7. The predicted molar refractivity (Wildman–Crippen MR) is 83.0 cm³/mol. The van der Waals surface area contributed by atoms with Crippen molar-refractivity contribution in [3.8, 4) is 11.3 Å². The fourth-order valence-corrected chi connectivity index (χ4v) is 2.86. The van der Waals surface area contributed by atoms with Gasteiger partial charge in [-0.25, -0.2) is 0 Å². The molecule has 0 aliphatic carbocycles. The van der Waals surface area contributed by atoms with Crippen LogP contribution in [0.15, 0.2) is 24.8 Å². The van der Waals surface area contributed by atoms with Crippen LogP contribution < -0.4 is 0 Å². The van der Waals surface area contributed by atoms with Gasteiger partial charge in [-0.2, -0.15) is 5.10 Å². The van der Waals surface area contributed by atoms with Gasteiger partial charge in [-0.15, -0.1) is 0 Å². The van der Waals surface area contributed by atoms with E-state index < -0.39 is 0 Å². The second-order valence-corrected chi connectivity index (χ2v) is 5.80. The number of likely N-dealkylation sites (tertiary alicyclic amines) is 1. The van der Waals surface area contributed by atoms with Crippen LogP contribution in [0.2, 0.25) is 0 Å². The molecule has 1 saturated heterocycles. The maximum Gasteiger partial charge on any atom is 0.219 e. The van der Waals surface area contributed by atoms with Crippen molar-refractivity contribution in [2.45, 2.75) is 33.2 Å². The second kappa shape index (κ2) is 6.25. The third-order valence-electron chi connectivity index (χ3n) is 4.19. The number of aromatic nitrogens is 4. The zero-order valence-electron chi connectivity index (χ0n) is 13.1. The van der Waals surface area contributed by atoms with Crippen LogP contribution in [0.3, 0.4) is 0 Å². The van der Waals surface area contributed by atoms with E-state index in [0.29, 0.717) is 5.92 Å². The van der Waals surface area contributed by atoms with Crippen LogP contribution in [0.4, 0.5) is 0 Å². The fraction of sp³-hybridized carbons (Fsp3) is 0.500. The van der Waals surface area contributed by atoms with Gasteiger partial charge in [-0.05, 0) is 25.7 Å². The van der Waals surface area contributed by atoms with Crippen LogP contribution in [0.5, 0.6) is 0 Å². The summed E-state index contributed by atoms with van der Waals surface area (Å²) >= 11 is 0. The Kier molecular flexibility index (Phi) is 4.18. The van der Waals surface area contributed by atoms with Gasteiger partial charge in [0, 0.05) is 44.5 Å². The molecule has 6 nitrogen and oxygen atoms in total. The van der Waals surface area contributed by atoms with Gasteiger partial charge in [0.05, 0.1) is 23.8 Å². The number of carbonyl (C=O) groups is 1. The zero-order chi connectivity index (χ0) is 15.5. The van der Waals surface area contributed by atoms with Crippen LogP contribution in [0, 0.1) is 5.92 Å². The van der Waals surface area contributed by atoms with E-state index in [1.165, 1.54) is 0 Å². The first-order valence-electron chi connectivity index (χ1n) is 7.75. The number of amides is 1. The molecule has 22 heavy (non-hydrogen) atoms. The number of nitrogens with zero attached hydrogens (tertiary/aromatic N) is 5. The average Bonchev–Trinajstić information content (AvgIpc) is 3.17. The van der Waals surface area contributed by atoms with E-state index in [9.17, 15) is 4.79 Å². The molecule has 116 valence electrons. The lowest BCUT2D eigenvalue weighted by Gasteiger charge is -2.13. The Morgan fingerprint density at radius 3 is 2.77 bits per heavy atom. The van der Waals surface area contributed by atoms with E-state index in [1.807, 2.05) is 34.4 Å². The van der Waals surface area contributed by atoms with E-state index in [-0.39, 0.29) is 5.91 Å². The highest BCUT2D eigenvalue weighted by atomic mass is 16.2. The molecule has 0 spiro atoms.